The van der Waals surface area contributed by atoms with Gasteiger partial charge in [0.25, 0.3) is 0 Å². The zero-order valence-corrected chi connectivity index (χ0v) is 39.9. The van der Waals surface area contributed by atoms with Gasteiger partial charge in [0.15, 0.2) is 0 Å². The number of hydrogen-bond acceptors (Lipinski definition) is 0. The molecule has 0 radical (unpaired) electrons. The summed E-state index contributed by atoms with van der Waals surface area (Å²) in [5.41, 5.74) is 9.71. The molecule has 332 valence electrons. The van der Waals surface area contributed by atoms with Crippen molar-refractivity contribution in [2.75, 3.05) is 0 Å². The standard InChI is InChI=1S/C66H46N2S2/c1-6-22-47(23-7-1)48-24-20-33-54(44-48)70(53-31-14-5-15-32-53)64-38-19-18-37-62(64)68-61-43-40-49(45-59(61)58-35-21-39-65(70)66(58)68)67-60-36-17-16-34-56(60)57-42-41-55(46-63(57)67)69(50-25-8-2-9-26-50,51-27-10-3-11-28-51)52-29-12-4-13-30-52/h1-46H. The van der Waals surface area contributed by atoms with E-state index in [9.17, 15) is 0 Å². The lowest BCUT2D eigenvalue weighted by atomic mass is 10.1. The summed E-state index contributed by atoms with van der Waals surface area (Å²) >= 11 is 0. The van der Waals surface area contributed by atoms with Gasteiger partial charge in [-0.15, -0.1) is 20.1 Å². The third kappa shape index (κ3) is 5.84. The molecule has 70 heavy (non-hydrogen) atoms. The average Bonchev–Trinajstić information content (AvgIpc) is 3.96. The molecule has 0 saturated heterocycles. The minimum absolute atomic E-state index is 1.14. The van der Waals surface area contributed by atoms with Gasteiger partial charge in [0, 0.05) is 66.4 Å². The van der Waals surface area contributed by atoms with E-state index >= 15 is 0 Å². The fourth-order valence-corrected chi connectivity index (χ4v) is 19.7. The van der Waals surface area contributed by atoms with Gasteiger partial charge in [-0.25, -0.2) is 0 Å². The van der Waals surface area contributed by atoms with Crippen LogP contribution in [0, 0.1) is 0 Å². The molecule has 14 rings (SSSR count). The van der Waals surface area contributed by atoms with Gasteiger partial charge in [-0.05, 0) is 126 Å². The Labute approximate surface area is 411 Å². The summed E-state index contributed by atoms with van der Waals surface area (Å²) in [6, 6.07) is 105. The summed E-state index contributed by atoms with van der Waals surface area (Å²) in [5, 5.41) is 4.99. The van der Waals surface area contributed by atoms with Crippen LogP contribution in [0.4, 0.5) is 0 Å². The molecule has 1 unspecified atom stereocenters. The normalized spacial score (nSPS) is 15.5. The number of fused-ring (bicyclic) bond motifs is 8. The highest BCUT2D eigenvalue weighted by molar-refractivity contribution is 8.34. The van der Waals surface area contributed by atoms with Crippen LogP contribution < -0.4 is 0 Å². The van der Waals surface area contributed by atoms with E-state index in [1.54, 1.807) is 0 Å². The molecule has 3 heterocycles. The number of aromatic nitrogens is 2. The summed E-state index contributed by atoms with van der Waals surface area (Å²) in [4.78, 5) is 10.6. The summed E-state index contributed by atoms with van der Waals surface area (Å²) in [5.74, 6) is 0. The maximum Gasteiger partial charge on any atom is 0.0671 e. The van der Waals surface area contributed by atoms with Crippen molar-refractivity contribution in [3.8, 4) is 22.5 Å². The first-order valence-corrected chi connectivity index (χ1v) is 27.2. The SMILES string of the molecule is c1ccc(-c2cccc(S3(c4ccccc4)c4ccccc4-n4c5ccc(-n6c7ccccc7c7ccc(S(c8ccccc8)(c8ccccc8)c8ccccc8)cc76)cc5c5cccc3c54)c2)cc1. The predicted octanol–water partition coefficient (Wildman–Crippen LogP) is 18.5. The molecule has 0 bridgehead atoms. The second-order valence-corrected chi connectivity index (χ2v) is 24.2. The molecule has 0 fully saturated rings. The van der Waals surface area contributed by atoms with Crippen molar-refractivity contribution >= 4 is 63.7 Å². The summed E-state index contributed by atoms with van der Waals surface area (Å²) < 4.78 is 5.09. The van der Waals surface area contributed by atoms with Crippen LogP contribution in [-0.4, -0.2) is 9.13 Å². The molecule has 2 aromatic heterocycles. The lowest BCUT2D eigenvalue weighted by molar-refractivity contribution is 1.06. The molecular weight excluding hydrogens is 885 g/mol. The Hall–Kier alpha value is -8.28. The van der Waals surface area contributed by atoms with Gasteiger partial charge < -0.3 is 9.13 Å². The van der Waals surface area contributed by atoms with Crippen molar-refractivity contribution in [3.63, 3.8) is 0 Å². The first-order chi connectivity index (χ1) is 34.7. The van der Waals surface area contributed by atoms with Crippen LogP contribution in [0.2, 0.25) is 0 Å². The maximum atomic E-state index is 2.57. The Morgan fingerprint density at radius 2 is 0.814 bits per heavy atom. The molecule has 0 spiro atoms. The molecule has 4 heteroatoms. The summed E-state index contributed by atoms with van der Waals surface area (Å²) in [7, 11) is -3.90. The van der Waals surface area contributed by atoms with Gasteiger partial charge in [-0.3, -0.25) is 0 Å². The molecule has 0 N–H and O–H groups in total. The predicted molar refractivity (Wildman–Crippen MR) is 294 cm³/mol. The molecule has 0 aliphatic carbocycles. The molecule has 0 amide bonds. The van der Waals surface area contributed by atoms with Crippen molar-refractivity contribution in [2.45, 2.75) is 39.2 Å². The monoisotopic (exact) mass is 930 g/mol. The molecule has 1 atom stereocenters. The van der Waals surface area contributed by atoms with Crippen molar-refractivity contribution in [2.24, 2.45) is 0 Å². The van der Waals surface area contributed by atoms with E-state index in [0.29, 0.717) is 0 Å². The Balaban J connectivity index is 1.05. The van der Waals surface area contributed by atoms with Crippen LogP contribution in [0.3, 0.4) is 0 Å². The third-order valence-corrected chi connectivity index (χ3v) is 22.3. The number of benzene rings is 11. The number of rotatable bonds is 8. The van der Waals surface area contributed by atoms with E-state index in [0.717, 1.165) is 5.69 Å². The minimum atomic E-state index is -1.98. The highest BCUT2D eigenvalue weighted by Gasteiger charge is 2.41. The van der Waals surface area contributed by atoms with Crippen LogP contribution in [0.1, 0.15) is 0 Å². The van der Waals surface area contributed by atoms with Crippen molar-refractivity contribution < 1.29 is 0 Å². The molecule has 2 nitrogen and oxygen atoms in total. The van der Waals surface area contributed by atoms with Gasteiger partial charge in [0.05, 0.1) is 27.8 Å². The van der Waals surface area contributed by atoms with Crippen molar-refractivity contribution in [1.82, 2.24) is 9.13 Å². The van der Waals surface area contributed by atoms with Crippen molar-refractivity contribution in [1.29, 1.82) is 0 Å². The van der Waals surface area contributed by atoms with E-state index in [4.69, 9.17) is 0 Å². The molecular formula is C66H46N2S2. The molecule has 1 aliphatic heterocycles. The Morgan fingerprint density at radius 1 is 0.286 bits per heavy atom. The Bertz CT molecular complexity index is 4010. The van der Waals surface area contributed by atoms with E-state index in [-0.39, 0.29) is 0 Å². The third-order valence-electron chi connectivity index (χ3n) is 14.4. The molecule has 0 saturated carbocycles. The number of hydrogen-bond donors (Lipinski definition) is 0. The summed E-state index contributed by atoms with van der Waals surface area (Å²) in [6.07, 6.45) is 0. The van der Waals surface area contributed by atoms with E-state index < -0.39 is 20.1 Å². The van der Waals surface area contributed by atoms with E-state index in [1.807, 2.05) is 0 Å². The molecule has 11 aromatic carbocycles. The Morgan fingerprint density at radius 3 is 1.53 bits per heavy atom. The van der Waals surface area contributed by atoms with Crippen LogP contribution in [-0.2, 0) is 0 Å². The topological polar surface area (TPSA) is 9.86 Å². The summed E-state index contributed by atoms with van der Waals surface area (Å²) in [6.45, 7) is 0. The van der Waals surface area contributed by atoms with Gasteiger partial charge in [0.2, 0.25) is 0 Å². The maximum absolute atomic E-state index is 2.57. The highest BCUT2D eigenvalue weighted by atomic mass is 32.3. The van der Waals surface area contributed by atoms with Crippen LogP contribution in [0.25, 0.3) is 66.1 Å². The highest BCUT2D eigenvalue weighted by Crippen LogP contribution is 2.78. The van der Waals surface area contributed by atoms with Crippen molar-refractivity contribution in [3.05, 3.63) is 279 Å². The molecule has 1 aliphatic rings. The van der Waals surface area contributed by atoms with Crippen LogP contribution in [0.15, 0.2) is 318 Å². The smallest absolute Gasteiger partial charge is 0.0671 e. The zero-order chi connectivity index (χ0) is 46.2. The second kappa shape index (κ2) is 16.2. The lowest BCUT2D eigenvalue weighted by Crippen LogP contribution is -2.14. The van der Waals surface area contributed by atoms with Gasteiger partial charge in [-0.1, -0.05) is 164 Å². The zero-order valence-electron chi connectivity index (χ0n) is 38.3. The van der Waals surface area contributed by atoms with E-state index in [2.05, 4.69) is 288 Å². The van der Waals surface area contributed by atoms with Gasteiger partial charge >= 0.3 is 0 Å². The lowest BCUT2D eigenvalue weighted by Gasteiger charge is -2.46. The van der Waals surface area contributed by atoms with Crippen LogP contribution >= 0.6 is 20.1 Å². The average molecular weight is 931 g/mol. The fourth-order valence-electron chi connectivity index (χ4n) is 11.6. The molecule has 13 aromatic rings. The largest absolute Gasteiger partial charge is 0.309 e. The first kappa shape index (κ1) is 40.8. The number of nitrogens with zero attached hydrogens (tertiary/aromatic N) is 2. The number of para-hydroxylation sites is 3. The quantitative estimate of drug-likeness (QED) is 0.144. The Kier molecular flexibility index (Phi) is 9.42. The minimum Gasteiger partial charge on any atom is -0.309 e. The van der Waals surface area contributed by atoms with Gasteiger partial charge in [-0.2, -0.15) is 0 Å². The van der Waals surface area contributed by atoms with E-state index in [1.165, 1.54) is 99.6 Å². The second-order valence-electron chi connectivity index (χ2n) is 18.1. The fraction of sp³-hybridized carbons (Fsp3) is 0. The van der Waals surface area contributed by atoms with Crippen LogP contribution in [0.5, 0.6) is 0 Å². The van der Waals surface area contributed by atoms with Gasteiger partial charge in [0.1, 0.15) is 0 Å². The first-order valence-electron chi connectivity index (χ1n) is 24.0.